The number of benzene rings is 2. The Morgan fingerprint density at radius 1 is 1.18 bits per heavy atom. The van der Waals surface area contributed by atoms with E-state index in [-0.39, 0.29) is 23.3 Å². The summed E-state index contributed by atoms with van der Waals surface area (Å²) in [5.74, 6) is 1.17. The maximum absolute atomic E-state index is 13.0. The second kappa shape index (κ2) is 8.81. The molecule has 5 rings (SSSR count). The van der Waals surface area contributed by atoms with Crippen molar-refractivity contribution in [3.8, 4) is 5.75 Å². The Hall–Kier alpha value is -3.88. The van der Waals surface area contributed by atoms with Crippen LogP contribution >= 0.6 is 0 Å². The van der Waals surface area contributed by atoms with Crippen LogP contribution in [0.4, 0.5) is 5.69 Å². The Morgan fingerprint density at radius 3 is 2.74 bits per heavy atom. The largest absolute Gasteiger partial charge is 0.497 e. The van der Waals surface area contributed by atoms with Crippen molar-refractivity contribution >= 4 is 33.6 Å². The number of oxazole rings is 1. The molecule has 9 nitrogen and oxygen atoms in total. The van der Waals surface area contributed by atoms with Gasteiger partial charge >= 0.3 is 5.69 Å². The third-order valence-corrected chi connectivity index (χ3v) is 6.61. The van der Waals surface area contributed by atoms with Crippen LogP contribution in [0.25, 0.3) is 22.0 Å². The first-order valence-electron chi connectivity index (χ1n) is 11.4. The minimum atomic E-state index is -0.416. The maximum Gasteiger partial charge on any atom is 0.328 e. The summed E-state index contributed by atoms with van der Waals surface area (Å²) < 4.78 is 12.0. The Morgan fingerprint density at radius 2 is 1.97 bits per heavy atom. The molecule has 2 aromatic carbocycles. The molecule has 1 fully saturated rings. The molecule has 1 aliphatic carbocycles. The summed E-state index contributed by atoms with van der Waals surface area (Å²) in [6, 6.07) is 10.4. The highest BCUT2D eigenvalue weighted by Gasteiger charge is 2.27. The highest BCUT2D eigenvalue weighted by Crippen LogP contribution is 2.31. The van der Waals surface area contributed by atoms with Gasteiger partial charge < -0.3 is 19.5 Å². The number of methoxy groups -OCH3 is 1. The van der Waals surface area contributed by atoms with Crippen LogP contribution in [-0.2, 0) is 11.3 Å². The van der Waals surface area contributed by atoms with E-state index in [0.717, 1.165) is 12.8 Å². The average Bonchev–Trinajstić information content (AvgIpc) is 3.21. The number of hydrogen-bond acceptors (Lipinski definition) is 6. The zero-order chi connectivity index (χ0) is 23.8. The average molecular weight is 463 g/mol. The van der Waals surface area contributed by atoms with Gasteiger partial charge in [0, 0.05) is 25.1 Å². The lowest BCUT2D eigenvalue weighted by molar-refractivity contribution is -0.121. The van der Waals surface area contributed by atoms with E-state index < -0.39 is 5.69 Å². The van der Waals surface area contributed by atoms with Gasteiger partial charge in [-0.15, -0.1) is 0 Å². The van der Waals surface area contributed by atoms with E-state index in [1.54, 1.807) is 31.2 Å². The molecule has 0 bridgehead atoms. The van der Waals surface area contributed by atoms with Gasteiger partial charge in [0.15, 0.2) is 11.5 Å². The number of nitrogens with one attached hydrogen (secondary N) is 2. The smallest absolute Gasteiger partial charge is 0.328 e. The van der Waals surface area contributed by atoms with Gasteiger partial charge in [0.05, 0.1) is 18.0 Å². The van der Waals surface area contributed by atoms with Crippen LogP contribution in [0.3, 0.4) is 0 Å². The molecular formula is C25H26N4O5. The van der Waals surface area contributed by atoms with Gasteiger partial charge in [-0.25, -0.2) is 9.78 Å². The molecule has 1 aliphatic rings. The van der Waals surface area contributed by atoms with E-state index in [1.807, 2.05) is 12.1 Å². The number of aryl methyl sites for hydroxylation is 1. The number of carbonyl (C=O) groups is 1. The number of rotatable bonds is 5. The molecule has 2 heterocycles. The summed E-state index contributed by atoms with van der Waals surface area (Å²) in [5, 5.41) is 3.41. The van der Waals surface area contributed by atoms with E-state index in [9.17, 15) is 14.4 Å². The van der Waals surface area contributed by atoms with Gasteiger partial charge in [0.2, 0.25) is 5.91 Å². The van der Waals surface area contributed by atoms with Crippen molar-refractivity contribution in [2.45, 2.75) is 39.2 Å². The molecule has 2 N–H and O–H groups in total. The van der Waals surface area contributed by atoms with Crippen molar-refractivity contribution in [3.63, 3.8) is 0 Å². The SMILES string of the molecule is COc1ccc2[nH]c(=O)n(CC3CCC(C(=O)Nc4ccc5oc(C)nc5c4)CC3)c(=O)c2c1. The first-order chi connectivity index (χ1) is 16.4. The summed E-state index contributed by atoms with van der Waals surface area (Å²) in [6.07, 6.45) is 2.94. The number of aromatic amines is 1. The molecule has 2 aromatic heterocycles. The quantitative estimate of drug-likeness (QED) is 0.468. The van der Waals surface area contributed by atoms with Crippen molar-refractivity contribution in [3.05, 3.63) is 63.1 Å². The number of fused-ring (bicyclic) bond motifs is 2. The van der Waals surface area contributed by atoms with Crippen molar-refractivity contribution in [1.29, 1.82) is 0 Å². The summed E-state index contributed by atoms with van der Waals surface area (Å²) in [6.45, 7) is 2.12. The Bertz CT molecular complexity index is 1490. The monoisotopic (exact) mass is 462 g/mol. The van der Waals surface area contributed by atoms with Crippen LogP contribution < -0.4 is 21.3 Å². The van der Waals surface area contributed by atoms with Crippen LogP contribution in [0.5, 0.6) is 5.75 Å². The second-order valence-corrected chi connectivity index (χ2v) is 8.88. The number of hydrogen-bond donors (Lipinski definition) is 2. The number of H-pyrrole nitrogens is 1. The van der Waals surface area contributed by atoms with E-state index >= 15 is 0 Å². The third-order valence-electron chi connectivity index (χ3n) is 6.61. The molecule has 0 atom stereocenters. The standard InChI is InChI=1S/C25H26N4O5/c1-14-26-21-11-17(7-10-22(21)34-14)27-23(30)16-5-3-15(4-6-16)13-29-24(31)19-12-18(33-2)8-9-20(19)28-25(29)32/h7-12,15-16H,3-6,13H2,1-2H3,(H,27,30)(H,28,32). The highest BCUT2D eigenvalue weighted by atomic mass is 16.5. The van der Waals surface area contributed by atoms with Crippen LogP contribution in [-0.4, -0.2) is 27.6 Å². The number of amides is 1. The summed E-state index contributed by atoms with van der Waals surface area (Å²) in [7, 11) is 1.54. The van der Waals surface area contributed by atoms with E-state index in [2.05, 4.69) is 15.3 Å². The topological polar surface area (TPSA) is 119 Å². The molecule has 0 saturated heterocycles. The molecule has 1 saturated carbocycles. The molecular weight excluding hydrogens is 436 g/mol. The Labute approximate surface area is 194 Å². The van der Waals surface area contributed by atoms with Crippen molar-refractivity contribution < 1.29 is 13.9 Å². The lowest BCUT2D eigenvalue weighted by Crippen LogP contribution is -2.38. The minimum absolute atomic E-state index is 0.0224. The van der Waals surface area contributed by atoms with Crippen molar-refractivity contribution in [2.24, 2.45) is 11.8 Å². The van der Waals surface area contributed by atoms with Crippen LogP contribution in [0.2, 0.25) is 0 Å². The number of aromatic nitrogens is 3. The predicted molar refractivity (Wildman–Crippen MR) is 128 cm³/mol. The zero-order valence-electron chi connectivity index (χ0n) is 19.1. The Kier molecular flexibility index (Phi) is 5.69. The molecule has 4 aromatic rings. The van der Waals surface area contributed by atoms with Crippen LogP contribution in [0.15, 0.2) is 50.4 Å². The molecule has 0 spiro atoms. The molecule has 0 radical (unpaired) electrons. The molecule has 9 heteroatoms. The van der Waals surface area contributed by atoms with E-state index in [1.165, 1.54) is 11.7 Å². The maximum atomic E-state index is 13.0. The first kappa shape index (κ1) is 21.9. The fourth-order valence-electron chi connectivity index (χ4n) is 4.75. The van der Waals surface area contributed by atoms with Crippen molar-refractivity contribution in [1.82, 2.24) is 14.5 Å². The van der Waals surface area contributed by atoms with Crippen molar-refractivity contribution in [2.75, 3.05) is 12.4 Å². The number of nitrogens with zero attached hydrogens (tertiary/aromatic N) is 2. The van der Waals surface area contributed by atoms with Gasteiger partial charge in [0.25, 0.3) is 5.56 Å². The molecule has 176 valence electrons. The van der Waals surface area contributed by atoms with Gasteiger partial charge in [-0.1, -0.05) is 0 Å². The highest BCUT2D eigenvalue weighted by molar-refractivity contribution is 5.94. The number of carbonyl (C=O) groups excluding carboxylic acids is 1. The Balaban J connectivity index is 1.24. The van der Waals surface area contributed by atoms with Crippen LogP contribution in [0.1, 0.15) is 31.6 Å². The van der Waals surface area contributed by atoms with E-state index in [4.69, 9.17) is 9.15 Å². The minimum Gasteiger partial charge on any atom is -0.497 e. The van der Waals surface area contributed by atoms with Gasteiger partial charge in [-0.05, 0) is 68.0 Å². The molecule has 0 aliphatic heterocycles. The second-order valence-electron chi connectivity index (χ2n) is 8.88. The molecule has 34 heavy (non-hydrogen) atoms. The van der Waals surface area contributed by atoms with E-state index in [0.29, 0.717) is 58.7 Å². The lowest BCUT2D eigenvalue weighted by atomic mass is 9.81. The third kappa shape index (κ3) is 4.21. The summed E-state index contributed by atoms with van der Waals surface area (Å²) >= 11 is 0. The lowest BCUT2D eigenvalue weighted by Gasteiger charge is -2.28. The summed E-state index contributed by atoms with van der Waals surface area (Å²) in [4.78, 5) is 45.4. The number of anilines is 1. The molecule has 0 unspecified atom stereocenters. The molecule has 1 amide bonds. The fraction of sp³-hybridized carbons (Fsp3) is 0.360. The zero-order valence-corrected chi connectivity index (χ0v) is 19.1. The normalized spacial score (nSPS) is 18.3. The fourth-order valence-corrected chi connectivity index (χ4v) is 4.75. The summed E-state index contributed by atoms with van der Waals surface area (Å²) in [5.41, 5.74) is 1.84. The van der Waals surface area contributed by atoms with Gasteiger partial charge in [-0.2, -0.15) is 0 Å². The number of ether oxygens (including phenoxy) is 1. The van der Waals surface area contributed by atoms with Gasteiger partial charge in [-0.3, -0.25) is 14.2 Å². The first-order valence-corrected chi connectivity index (χ1v) is 11.4. The predicted octanol–water partition coefficient (Wildman–Crippen LogP) is 3.59. The van der Waals surface area contributed by atoms with Crippen LogP contribution in [0, 0.1) is 18.8 Å². The van der Waals surface area contributed by atoms with Gasteiger partial charge in [0.1, 0.15) is 11.3 Å².